The van der Waals surface area contributed by atoms with Crippen molar-refractivity contribution in [1.29, 1.82) is 0 Å². The number of carbonyl (C=O) groups excluding carboxylic acids is 1. The molecule has 1 aromatic heterocycles. The number of aryl methyl sites for hydroxylation is 3. The zero-order chi connectivity index (χ0) is 21.3. The van der Waals surface area contributed by atoms with Crippen molar-refractivity contribution in [3.8, 4) is 5.75 Å². The number of allylic oxidation sites excluding steroid dienone is 1. The molecule has 0 radical (unpaired) electrons. The van der Waals surface area contributed by atoms with E-state index in [9.17, 15) is 14.9 Å². The van der Waals surface area contributed by atoms with Crippen molar-refractivity contribution < 1.29 is 18.9 Å². The van der Waals surface area contributed by atoms with E-state index in [1.807, 2.05) is 26.8 Å². The molecular formula is C22H22N2O5. The summed E-state index contributed by atoms with van der Waals surface area (Å²) in [6.07, 6.45) is 3.18. The summed E-state index contributed by atoms with van der Waals surface area (Å²) in [5.41, 5.74) is 5.29. The molecule has 29 heavy (non-hydrogen) atoms. The third-order valence-electron chi connectivity index (χ3n) is 4.89. The van der Waals surface area contributed by atoms with Gasteiger partial charge in [0.15, 0.2) is 0 Å². The number of anilines is 1. The maximum Gasteiger partial charge on any atom is 0.269 e. The second kappa shape index (κ2) is 7.79. The van der Waals surface area contributed by atoms with Crippen LogP contribution in [0.3, 0.4) is 0 Å². The van der Waals surface area contributed by atoms with E-state index in [-0.39, 0.29) is 11.6 Å². The van der Waals surface area contributed by atoms with Gasteiger partial charge in [-0.05, 0) is 56.5 Å². The summed E-state index contributed by atoms with van der Waals surface area (Å²) in [5, 5.41) is 14.6. The van der Waals surface area contributed by atoms with Gasteiger partial charge < -0.3 is 14.5 Å². The van der Waals surface area contributed by atoms with Crippen molar-refractivity contribution in [2.75, 3.05) is 12.4 Å². The normalized spacial score (nSPS) is 11.6. The Hall–Kier alpha value is -3.61. The van der Waals surface area contributed by atoms with E-state index in [4.69, 9.17) is 9.15 Å². The topological polar surface area (TPSA) is 94.6 Å². The zero-order valence-corrected chi connectivity index (χ0v) is 17.0. The number of methoxy groups -OCH3 is 1. The summed E-state index contributed by atoms with van der Waals surface area (Å²) in [6.45, 7) is 7.42. The van der Waals surface area contributed by atoms with Crippen LogP contribution in [-0.2, 0) is 4.79 Å². The Morgan fingerprint density at radius 2 is 1.93 bits per heavy atom. The molecule has 0 saturated carbocycles. The van der Waals surface area contributed by atoms with Crippen LogP contribution >= 0.6 is 0 Å². The van der Waals surface area contributed by atoms with Crippen molar-refractivity contribution in [3.05, 3.63) is 69.0 Å². The Morgan fingerprint density at radius 1 is 1.21 bits per heavy atom. The molecule has 0 fully saturated rings. The number of benzene rings is 2. The molecule has 0 unspecified atom stereocenters. The highest BCUT2D eigenvalue weighted by Crippen LogP contribution is 2.37. The number of carbonyl (C=O) groups is 1. The predicted molar refractivity (Wildman–Crippen MR) is 112 cm³/mol. The van der Waals surface area contributed by atoms with Gasteiger partial charge in [-0.25, -0.2) is 0 Å². The molecule has 0 atom stereocenters. The molecule has 0 saturated heterocycles. The van der Waals surface area contributed by atoms with E-state index < -0.39 is 4.92 Å². The summed E-state index contributed by atoms with van der Waals surface area (Å²) < 4.78 is 11.2. The van der Waals surface area contributed by atoms with Gasteiger partial charge in [-0.2, -0.15) is 0 Å². The highest BCUT2D eigenvalue weighted by Gasteiger charge is 2.17. The van der Waals surface area contributed by atoms with E-state index in [1.165, 1.54) is 24.3 Å². The van der Waals surface area contributed by atoms with Gasteiger partial charge in [-0.15, -0.1) is 0 Å². The lowest BCUT2D eigenvalue weighted by Gasteiger charge is -2.13. The number of rotatable bonds is 5. The fraction of sp³-hybridized carbons (Fsp3) is 0.227. The monoisotopic (exact) mass is 394 g/mol. The predicted octanol–water partition coefficient (Wildman–Crippen LogP) is 5.32. The molecule has 7 heteroatoms. The number of nitro benzene ring substituents is 1. The van der Waals surface area contributed by atoms with Crippen LogP contribution in [0, 0.1) is 30.9 Å². The summed E-state index contributed by atoms with van der Waals surface area (Å²) in [5.74, 6) is 0.322. The van der Waals surface area contributed by atoms with E-state index in [0.717, 1.165) is 33.2 Å². The number of ether oxygens (including phenoxy) is 1. The number of furan rings is 1. The third kappa shape index (κ3) is 3.85. The zero-order valence-electron chi connectivity index (χ0n) is 17.0. The van der Waals surface area contributed by atoms with Crippen molar-refractivity contribution in [2.24, 2.45) is 0 Å². The number of nitro groups is 1. The van der Waals surface area contributed by atoms with Gasteiger partial charge in [0.25, 0.3) is 5.69 Å². The number of non-ortho nitro benzene ring substituents is 1. The van der Waals surface area contributed by atoms with Gasteiger partial charge in [0.1, 0.15) is 11.3 Å². The number of fused-ring (bicyclic) bond motifs is 1. The molecule has 0 bridgehead atoms. The maximum atomic E-state index is 12.6. The Kier molecular flexibility index (Phi) is 5.41. The molecule has 1 amide bonds. The van der Waals surface area contributed by atoms with Crippen LogP contribution in [0.4, 0.5) is 11.4 Å². The number of nitrogens with zero attached hydrogens (tertiary/aromatic N) is 1. The summed E-state index contributed by atoms with van der Waals surface area (Å²) in [7, 11) is 1.58. The first kappa shape index (κ1) is 20.1. The molecule has 0 aliphatic rings. The second-order valence-corrected chi connectivity index (χ2v) is 6.95. The Labute approximate surface area is 168 Å². The molecule has 0 spiro atoms. The number of hydrogen-bond donors (Lipinski definition) is 1. The molecule has 7 nitrogen and oxygen atoms in total. The average molecular weight is 394 g/mol. The number of hydrogen-bond acceptors (Lipinski definition) is 5. The molecule has 2 aromatic carbocycles. The average Bonchev–Trinajstić information content (AvgIpc) is 3.04. The minimum absolute atomic E-state index is 0.0174. The molecule has 3 rings (SSSR count). The first-order valence-corrected chi connectivity index (χ1v) is 9.03. The highest BCUT2D eigenvalue weighted by molar-refractivity contribution is 6.05. The van der Waals surface area contributed by atoms with Gasteiger partial charge in [-0.3, -0.25) is 14.9 Å². The molecule has 150 valence electrons. The van der Waals surface area contributed by atoms with Crippen LogP contribution in [0.2, 0.25) is 0 Å². The molecule has 0 aliphatic carbocycles. The lowest BCUT2D eigenvalue weighted by Crippen LogP contribution is -2.10. The number of nitrogens with one attached hydrogen (secondary N) is 1. The van der Waals surface area contributed by atoms with Crippen LogP contribution in [-0.4, -0.2) is 17.9 Å². The summed E-state index contributed by atoms with van der Waals surface area (Å²) >= 11 is 0. The van der Waals surface area contributed by atoms with E-state index in [1.54, 1.807) is 20.3 Å². The van der Waals surface area contributed by atoms with Crippen molar-refractivity contribution in [3.63, 3.8) is 0 Å². The summed E-state index contributed by atoms with van der Waals surface area (Å²) in [4.78, 5) is 22.9. The maximum absolute atomic E-state index is 12.6. The summed E-state index contributed by atoms with van der Waals surface area (Å²) in [6, 6.07) is 6.27. The van der Waals surface area contributed by atoms with E-state index >= 15 is 0 Å². The fourth-order valence-corrected chi connectivity index (χ4v) is 3.34. The third-order valence-corrected chi connectivity index (χ3v) is 4.89. The molecule has 3 aromatic rings. The van der Waals surface area contributed by atoms with Crippen LogP contribution < -0.4 is 10.1 Å². The molecular weight excluding hydrogens is 372 g/mol. The quantitative estimate of drug-likeness (QED) is 0.359. The van der Waals surface area contributed by atoms with Crippen LogP contribution in [0.25, 0.3) is 16.5 Å². The Balaban J connectivity index is 1.94. The standard InChI is InChI=1S/C22H22N2O5/c1-12(9-20(25)23-19-7-6-16(24(26)27)8-13(19)2)17-10-18-14(3)11-29-22(18)15(4)21(17)28-5/h6-11H,1-5H3,(H,23,25)/b12-9+. The van der Waals surface area contributed by atoms with Gasteiger partial charge in [0, 0.05) is 40.4 Å². The SMILES string of the molecule is COc1c(/C(C)=C/C(=O)Nc2ccc([N+](=O)[O-])cc2C)cc2c(C)coc2c1C. The lowest BCUT2D eigenvalue weighted by atomic mass is 9.98. The molecule has 1 N–H and O–H groups in total. The molecule has 0 aliphatic heterocycles. The van der Waals surface area contributed by atoms with E-state index in [0.29, 0.717) is 17.0 Å². The van der Waals surface area contributed by atoms with Crippen LogP contribution in [0.5, 0.6) is 5.75 Å². The smallest absolute Gasteiger partial charge is 0.269 e. The number of amides is 1. The largest absolute Gasteiger partial charge is 0.496 e. The van der Waals surface area contributed by atoms with Gasteiger partial charge in [0.05, 0.1) is 18.3 Å². The molecule has 1 heterocycles. The first-order valence-electron chi connectivity index (χ1n) is 9.03. The fourth-order valence-electron chi connectivity index (χ4n) is 3.34. The van der Waals surface area contributed by atoms with Crippen LogP contribution in [0.15, 0.2) is 41.0 Å². The van der Waals surface area contributed by atoms with Gasteiger partial charge in [0.2, 0.25) is 5.91 Å². The second-order valence-electron chi connectivity index (χ2n) is 6.95. The van der Waals surface area contributed by atoms with Gasteiger partial charge in [-0.1, -0.05) is 0 Å². The first-order chi connectivity index (χ1) is 13.7. The Morgan fingerprint density at radius 3 is 2.55 bits per heavy atom. The van der Waals surface area contributed by atoms with Crippen LogP contribution in [0.1, 0.15) is 29.2 Å². The van der Waals surface area contributed by atoms with Crippen molar-refractivity contribution in [2.45, 2.75) is 27.7 Å². The minimum atomic E-state index is -0.467. The highest BCUT2D eigenvalue weighted by atomic mass is 16.6. The minimum Gasteiger partial charge on any atom is -0.496 e. The van der Waals surface area contributed by atoms with Gasteiger partial charge >= 0.3 is 0 Å². The van der Waals surface area contributed by atoms with Crippen molar-refractivity contribution >= 4 is 33.8 Å². The Bertz CT molecular complexity index is 1160. The van der Waals surface area contributed by atoms with Crippen molar-refractivity contribution in [1.82, 2.24) is 0 Å². The lowest BCUT2D eigenvalue weighted by molar-refractivity contribution is -0.384. The van der Waals surface area contributed by atoms with E-state index in [2.05, 4.69) is 5.32 Å².